The van der Waals surface area contributed by atoms with Gasteiger partial charge in [0.1, 0.15) is 5.75 Å². The van der Waals surface area contributed by atoms with Crippen LogP contribution in [0.3, 0.4) is 0 Å². The van der Waals surface area contributed by atoms with Gasteiger partial charge in [0.2, 0.25) is 0 Å². The first kappa shape index (κ1) is 21.3. The predicted molar refractivity (Wildman–Crippen MR) is 132 cm³/mol. The molecule has 1 heterocycles. The third-order valence-electron chi connectivity index (χ3n) is 7.12. The van der Waals surface area contributed by atoms with Gasteiger partial charge in [-0.1, -0.05) is 42.5 Å². The van der Waals surface area contributed by atoms with Crippen molar-refractivity contribution in [1.29, 1.82) is 0 Å². The number of carbonyl (C=O) groups is 1. The summed E-state index contributed by atoms with van der Waals surface area (Å²) < 4.78 is 0. The minimum absolute atomic E-state index is 0.295. The third-order valence-corrected chi connectivity index (χ3v) is 7.12. The number of phenolic OH excluding ortho intramolecular Hbond substituents is 1. The number of benzene rings is 3. The monoisotopic (exact) mass is 439 g/mol. The molecule has 0 saturated heterocycles. The van der Waals surface area contributed by atoms with Gasteiger partial charge in [-0.15, -0.1) is 0 Å². The van der Waals surface area contributed by atoms with Gasteiger partial charge in [-0.25, -0.2) is 4.79 Å². The molecule has 1 aliphatic carbocycles. The average molecular weight is 440 g/mol. The van der Waals surface area contributed by atoms with E-state index in [1.807, 2.05) is 24.3 Å². The van der Waals surface area contributed by atoms with Gasteiger partial charge in [0.25, 0.3) is 0 Å². The highest BCUT2D eigenvalue weighted by Gasteiger charge is 2.40. The lowest BCUT2D eigenvalue weighted by Gasteiger charge is -2.48. The summed E-state index contributed by atoms with van der Waals surface area (Å²) in [5, 5.41) is 19.0. The second kappa shape index (κ2) is 8.43. The van der Waals surface area contributed by atoms with Crippen LogP contribution in [-0.2, 0) is 23.2 Å². The van der Waals surface area contributed by atoms with Crippen LogP contribution in [0.25, 0.3) is 6.08 Å². The topological polar surface area (TPSA) is 60.8 Å². The summed E-state index contributed by atoms with van der Waals surface area (Å²) in [6.07, 6.45) is 7.51. The average Bonchev–Trinajstić information content (AvgIpc) is 3.63. The number of phenols is 1. The van der Waals surface area contributed by atoms with Crippen LogP contribution in [0.1, 0.15) is 47.6 Å². The van der Waals surface area contributed by atoms with Crippen molar-refractivity contribution in [3.8, 4) is 5.75 Å². The second-order valence-electron chi connectivity index (χ2n) is 9.42. The first-order chi connectivity index (χ1) is 15.9. The van der Waals surface area contributed by atoms with E-state index in [-0.39, 0.29) is 0 Å². The maximum atomic E-state index is 10.9. The summed E-state index contributed by atoms with van der Waals surface area (Å²) in [6, 6.07) is 22.8. The maximum absolute atomic E-state index is 10.9. The highest BCUT2D eigenvalue weighted by molar-refractivity contribution is 5.85. The van der Waals surface area contributed by atoms with Crippen LogP contribution < -0.4 is 4.90 Å². The van der Waals surface area contributed by atoms with Gasteiger partial charge in [-0.2, -0.15) is 0 Å². The van der Waals surface area contributed by atoms with Crippen LogP contribution in [0, 0.1) is 5.92 Å². The summed E-state index contributed by atoms with van der Waals surface area (Å²) in [5.74, 6) is 0.204. The zero-order chi connectivity index (χ0) is 23.0. The van der Waals surface area contributed by atoms with Crippen molar-refractivity contribution < 1.29 is 15.0 Å². The molecule has 4 nitrogen and oxygen atoms in total. The molecule has 2 aliphatic rings. The Hall–Kier alpha value is -3.53. The summed E-state index contributed by atoms with van der Waals surface area (Å²) in [4.78, 5) is 13.3. The zero-order valence-electron chi connectivity index (χ0n) is 18.9. The molecule has 1 fully saturated rings. The van der Waals surface area contributed by atoms with Gasteiger partial charge in [-0.3, -0.25) is 0 Å². The molecule has 3 aromatic rings. The lowest BCUT2D eigenvalue weighted by atomic mass is 9.76. The van der Waals surface area contributed by atoms with Gasteiger partial charge < -0.3 is 15.1 Å². The number of hydrogen-bond donors (Lipinski definition) is 2. The zero-order valence-corrected chi connectivity index (χ0v) is 18.9. The number of aromatic hydroxyl groups is 1. The van der Waals surface area contributed by atoms with E-state index in [0.717, 1.165) is 41.6 Å². The van der Waals surface area contributed by atoms with E-state index in [4.69, 9.17) is 5.11 Å². The Labute approximate surface area is 194 Å². The van der Waals surface area contributed by atoms with Crippen LogP contribution >= 0.6 is 0 Å². The number of carboxylic acid groups (broad SMARTS) is 1. The van der Waals surface area contributed by atoms with E-state index < -0.39 is 11.5 Å². The summed E-state index contributed by atoms with van der Waals surface area (Å²) in [6.45, 7) is 3.08. The number of carboxylic acids is 1. The number of aliphatic carboxylic acids is 1. The second-order valence-corrected chi connectivity index (χ2v) is 9.42. The highest BCUT2D eigenvalue weighted by atomic mass is 16.4. The molecule has 168 valence electrons. The Morgan fingerprint density at radius 3 is 2.45 bits per heavy atom. The quantitative estimate of drug-likeness (QED) is 0.479. The summed E-state index contributed by atoms with van der Waals surface area (Å²) in [5.41, 5.74) is 6.49. The van der Waals surface area contributed by atoms with E-state index in [1.165, 1.54) is 36.1 Å². The fourth-order valence-electron chi connectivity index (χ4n) is 5.12. The van der Waals surface area contributed by atoms with E-state index in [0.29, 0.717) is 5.75 Å². The van der Waals surface area contributed by atoms with Crippen molar-refractivity contribution in [3.63, 3.8) is 0 Å². The molecular formula is C29H29NO3. The Morgan fingerprint density at radius 1 is 1.06 bits per heavy atom. The van der Waals surface area contributed by atoms with Gasteiger partial charge in [-0.05, 0) is 96.7 Å². The first-order valence-corrected chi connectivity index (χ1v) is 11.6. The molecule has 33 heavy (non-hydrogen) atoms. The lowest BCUT2D eigenvalue weighted by Crippen LogP contribution is -2.49. The normalized spacial score (nSPS) is 20.1. The number of rotatable bonds is 6. The van der Waals surface area contributed by atoms with Crippen molar-refractivity contribution in [2.75, 3.05) is 11.4 Å². The summed E-state index contributed by atoms with van der Waals surface area (Å²) >= 11 is 0. The molecule has 3 aromatic carbocycles. The highest BCUT2D eigenvalue weighted by Crippen LogP contribution is 2.44. The molecule has 1 aliphatic heterocycles. The van der Waals surface area contributed by atoms with Crippen LogP contribution in [0.5, 0.6) is 5.75 Å². The van der Waals surface area contributed by atoms with E-state index in [9.17, 15) is 9.90 Å². The SMILES string of the molecule is CC1(c2ccc(/C=C/C(=O)O)cc2)c2ccc(O)cc2CCN1c1ccc(CC2CC2)cc1. The van der Waals surface area contributed by atoms with Gasteiger partial charge >= 0.3 is 5.97 Å². The molecule has 0 bridgehead atoms. The van der Waals surface area contributed by atoms with Gasteiger partial charge in [0, 0.05) is 18.3 Å². The number of nitrogens with zero attached hydrogens (tertiary/aromatic N) is 1. The third kappa shape index (κ3) is 4.25. The lowest BCUT2D eigenvalue weighted by molar-refractivity contribution is -0.131. The molecule has 1 saturated carbocycles. The first-order valence-electron chi connectivity index (χ1n) is 11.6. The smallest absolute Gasteiger partial charge is 0.328 e. The minimum atomic E-state index is -0.955. The van der Waals surface area contributed by atoms with Gasteiger partial charge in [0.05, 0.1) is 5.54 Å². The Bertz CT molecular complexity index is 1190. The van der Waals surface area contributed by atoms with Crippen molar-refractivity contribution in [2.45, 2.75) is 38.1 Å². The summed E-state index contributed by atoms with van der Waals surface area (Å²) in [7, 11) is 0. The van der Waals surface area contributed by atoms with Crippen molar-refractivity contribution in [2.24, 2.45) is 5.92 Å². The Kier molecular flexibility index (Phi) is 5.45. The largest absolute Gasteiger partial charge is 0.508 e. The van der Waals surface area contributed by atoms with Crippen LogP contribution in [0.15, 0.2) is 72.8 Å². The molecule has 0 radical (unpaired) electrons. The Balaban J connectivity index is 1.55. The molecule has 4 heteroatoms. The number of anilines is 1. The molecule has 0 amide bonds. The fourth-order valence-corrected chi connectivity index (χ4v) is 5.12. The van der Waals surface area contributed by atoms with E-state index >= 15 is 0 Å². The molecule has 2 N–H and O–H groups in total. The van der Waals surface area contributed by atoms with Gasteiger partial charge in [0.15, 0.2) is 0 Å². The standard InChI is InChI=1S/C29H29NO3/c1-29(24-9-4-20(5-10-24)8-15-28(32)33)27-14-13-26(31)19-23(27)16-17-30(29)25-11-6-22(7-12-25)18-21-2-3-21/h4-15,19,21,31H,2-3,16-18H2,1H3,(H,32,33)/b15-8+. The predicted octanol–water partition coefficient (Wildman–Crippen LogP) is 5.77. The molecule has 0 spiro atoms. The minimum Gasteiger partial charge on any atom is -0.508 e. The molecular weight excluding hydrogens is 410 g/mol. The molecule has 5 rings (SSSR count). The van der Waals surface area contributed by atoms with E-state index in [1.54, 1.807) is 12.1 Å². The fraction of sp³-hybridized carbons (Fsp3) is 0.276. The maximum Gasteiger partial charge on any atom is 0.328 e. The molecule has 1 unspecified atom stereocenters. The van der Waals surface area contributed by atoms with Crippen LogP contribution in [0.4, 0.5) is 5.69 Å². The Morgan fingerprint density at radius 2 is 1.79 bits per heavy atom. The van der Waals surface area contributed by atoms with Crippen molar-refractivity contribution in [3.05, 3.63) is 101 Å². The molecule has 0 aromatic heterocycles. The van der Waals surface area contributed by atoms with Crippen molar-refractivity contribution in [1.82, 2.24) is 0 Å². The van der Waals surface area contributed by atoms with Crippen LogP contribution in [0.2, 0.25) is 0 Å². The molecule has 1 atom stereocenters. The van der Waals surface area contributed by atoms with Crippen molar-refractivity contribution >= 4 is 17.7 Å². The van der Waals surface area contributed by atoms with E-state index in [2.05, 4.69) is 48.2 Å². The van der Waals surface area contributed by atoms with Crippen LogP contribution in [-0.4, -0.2) is 22.7 Å². The number of fused-ring (bicyclic) bond motifs is 1. The number of hydrogen-bond acceptors (Lipinski definition) is 3.